The molecule has 4 nitrogen and oxygen atoms in total. The van der Waals surface area contributed by atoms with E-state index in [-0.39, 0.29) is 11.0 Å². The van der Waals surface area contributed by atoms with Crippen molar-refractivity contribution in [3.63, 3.8) is 0 Å². The Kier molecular flexibility index (Phi) is 3.48. The van der Waals surface area contributed by atoms with Crippen LogP contribution >= 0.6 is 11.6 Å². The van der Waals surface area contributed by atoms with Crippen molar-refractivity contribution in [3.8, 4) is 0 Å². The van der Waals surface area contributed by atoms with Crippen molar-refractivity contribution >= 4 is 34.6 Å². The van der Waals surface area contributed by atoms with Crippen molar-refractivity contribution in [1.82, 2.24) is 0 Å². The van der Waals surface area contributed by atoms with Gasteiger partial charge in [0.2, 0.25) is 0 Å². The largest absolute Gasteiger partial charge is 0.466 e. The monoisotopic (exact) mass is 264 g/mol. The third kappa shape index (κ3) is 2.43. The molecule has 1 heterocycles. The van der Waals surface area contributed by atoms with Crippen LogP contribution in [0.2, 0.25) is 5.02 Å². The van der Waals surface area contributed by atoms with Gasteiger partial charge in [-0.3, -0.25) is 4.79 Å². The smallest absolute Gasteiger partial charge is 0.330 e. The molecule has 0 unspecified atom stereocenters. The molecule has 1 aromatic carbocycles. The van der Waals surface area contributed by atoms with Gasteiger partial charge in [-0.15, -0.1) is 0 Å². The van der Waals surface area contributed by atoms with Crippen molar-refractivity contribution in [2.24, 2.45) is 0 Å². The maximum Gasteiger partial charge on any atom is 0.330 e. The van der Waals surface area contributed by atoms with E-state index in [0.29, 0.717) is 16.0 Å². The molecule has 0 spiro atoms. The quantitative estimate of drug-likeness (QED) is 0.618. The summed E-state index contributed by atoms with van der Waals surface area (Å²) in [6.45, 7) is 0. The predicted molar refractivity (Wildman–Crippen MR) is 68.5 cm³/mol. The minimum atomic E-state index is -0.541. The molecule has 2 rings (SSSR count). The first kappa shape index (κ1) is 12.4. The van der Waals surface area contributed by atoms with E-state index in [2.05, 4.69) is 4.74 Å². The molecule has 18 heavy (non-hydrogen) atoms. The van der Waals surface area contributed by atoms with E-state index in [1.807, 2.05) is 0 Å². The number of benzene rings is 1. The maximum absolute atomic E-state index is 12.1. The van der Waals surface area contributed by atoms with Gasteiger partial charge in [0.25, 0.3) is 0 Å². The minimum Gasteiger partial charge on any atom is -0.466 e. The molecule has 0 N–H and O–H groups in total. The normalized spacial score (nSPS) is 11.0. The lowest BCUT2D eigenvalue weighted by Gasteiger charge is -1.98. The van der Waals surface area contributed by atoms with Crippen molar-refractivity contribution in [1.29, 1.82) is 0 Å². The summed E-state index contributed by atoms with van der Waals surface area (Å²) in [4.78, 5) is 23.0. The zero-order valence-corrected chi connectivity index (χ0v) is 10.2. The lowest BCUT2D eigenvalue weighted by molar-refractivity contribution is -0.134. The number of halogens is 1. The van der Waals surface area contributed by atoms with Gasteiger partial charge in [-0.05, 0) is 24.3 Å². The highest BCUT2D eigenvalue weighted by atomic mass is 35.5. The molecule has 0 saturated heterocycles. The molecule has 0 radical (unpaired) electrons. The van der Waals surface area contributed by atoms with Gasteiger partial charge in [0, 0.05) is 11.1 Å². The fraction of sp³-hybridized carbons (Fsp3) is 0.0769. The fourth-order valence-electron chi connectivity index (χ4n) is 1.46. The van der Waals surface area contributed by atoms with Gasteiger partial charge in [0.15, 0.2) is 5.43 Å². The number of carbonyl (C=O) groups excluding carboxylic acids is 1. The van der Waals surface area contributed by atoms with Gasteiger partial charge in [-0.25, -0.2) is 4.79 Å². The van der Waals surface area contributed by atoms with Crippen LogP contribution in [0, 0.1) is 0 Å². The molecule has 0 saturated carbocycles. The second-order valence-electron chi connectivity index (χ2n) is 3.52. The Hall–Kier alpha value is -2.07. The van der Waals surface area contributed by atoms with Gasteiger partial charge in [0.05, 0.1) is 18.1 Å². The Morgan fingerprint density at radius 1 is 1.44 bits per heavy atom. The molecule has 5 heteroatoms. The summed E-state index contributed by atoms with van der Waals surface area (Å²) in [5.74, 6) is -0.541. The van der Waals surface area contributed by atoms with Crippen LogP contribution in [0.25, 0.3) is 17.0 Å². The lowest BCUT2D eigenvalue weighted by atomic mass is 10.1. The van der Waals surface area contributed by atoms with Crippen LogP contribution in [-0.4, -0.2) is 13.1 Å². The molecule has 0 aliphatic rings. The summed E-state index contributed by atoms with van der Waals surface area (Å²) >= 11 is 5.82. The number of fused-ring (bicyclic) bond motifs is 1. The average Bonchev–Trinajstić information content (AvgIpc) is 2.38. The van der Waals surface area contributed by atoms with Gasteiger partial charge >= 0.3 is 5.97 Å². The van der Waals surface area contributed by atoms with Gasteiger partial charge < -0.3 is 9.15 Å². The Morgan fingerprint density at radius 3 is 2.94 bits per heavy atom. The molecule has 0 aliphatic heterocycles. The van der Waals surface area contributed by atoms with E-state index in [1.54, 1.807) is 12.1 Å². The molecule has 0 aliphatic carbocycles. The van der Waals surface area contributed by atoms with Gasteiger partial charge in [-0.1, -0.05) is 11.6 Å². The number of rotatable bonds is 2. The molecule has 92 valence electrons. The molecular formula is C13H9ClO4. The highest BCUT2D eigenvalue weighted by Gasteiger charge is 2.05. The third-order valence-corrected chi connectivity index (χ3v) is 2.60. The summed E-state index contributed by atoms with van der Waals surface area (Å²) in [6, 6.07) is 4.78. The molecule has 0 bridgehead atoms. The van der Waals surface area contributed by atoms with Gasteiger partial charge in [0.1, 0.15) is 11.8 Å². The van der Waals surface area contributed by atoms with Crippen LogP contribution in [0.5, 0.6) is 0 Å². The van der Waals surface area contributed by atoms with Crippen LogP contribution in [0.3, 0.4) is 0 Å². The first-order valence-corrected chi connectivity index (χ1v) is 5.46. The topological polar surface area (TPSA) is 56.5 Å². The zero-order valence-electron chi connectivity index (χ0n) is 9.48. The molecule has 0 atom stereocenters. The summed E-state index contributed by atoms with van der Waals surface area (Å²) in [7, 11) is 1.26. The van der Waals surface area contributed by atoms with E-state index in [0.717, 1.165) is 6.08 Å². The van der Waals surface area contributed by atoms with Crippen molar-refractivity contribution in [3.05, 3.63) is 51.3 Å². The summed E-state index contributed by atoms with van der Waals surface area (Å²) < 4.78 is 9.72. The first-order valence-electron chi connectivity index (χ1n) is 5.09. The molecule has 1 aromatic heterocycles. The first-order chi connectivity index (χ1) is 8.61. The summed E-state index contributed by atoms with van der Waals surface area (Å²) in [6.07, 6.45) is 3.79. The zero-order chi connectivity index (χ0) is 13.1. The molecule has 2 aromatic rings. The molecule has 0 amide bonds. The Balaban J connectivity index is 2.54. The SMILES string of the molecule is COC(=O)/C=C/c1coc2ccc(Cl)cc2c1=O. The van der Waals surface area contributed by atoms with E-state index in [4.69, 9.17) is 16.0 Å². The summed E-state index contributed by atoms with van der Waals surface area (Å²) in [5, 5.41) is 0.818. The van der Waals surface area contributed by atoms with E-state index < -0.39 is 5.97 Å². The van der Waals surface area contributed by atoms with Crippen LogP contribution < -0.4 is 5.43 Å². The lowest BCUT2D eigenvalue weighted by Crippen LogP contribution is -2.05. The second kappa shape index (κ2) is 5.06. The van der Waals surface area contributed by atoms with Crippen molar-refractivity contribution in [2.75, 3.05) is 7.11 Å². The molecule has 0 fully saturated rings. The van der Waals surface area contributed by atoms with E-state index in [9.17, 15) is 9.59 Å². The summed E-state index contributed by atoms with van der Waals surface area (Å²) in [5.41, 5.74) is 0.452. The Bertz CT molecular complexity index is 685. The highest BCUT2D eigenvalue weighted by Crippen LogP contribution is 2.17. The van der Waals surface area contributed by atoms with Gasteiger partial charge in [-0.2, -0.15) is 0 Å². The third-order valence-electron chi connectivity index (χ3n) is 2.36. The minimum absolute atomic E-state index is 0.251. The van der Waals surface area contributed by atoms with Crippen LogP contribution in [0.1, 0.15) is 5.56 Å². The second-order valence-corrected chi connectivity index (χ2v) is 3.95. The van der Waals surface area contributed by atoms with Crippen molar-refractivity contribution < 1.29 is 13.9 Å². The predicted octanol–water partition coefficient (Wildman–Crippen LogP) is 2.63. The van der Waals surface area contributed by atoms with Crippen molar-refractivity contribution in [2.45, 2.75) is 0 Å². The number of esters is 1. The number of hydrogen-bond donors (Lipinski definition) is 0. The molecular weight excluding hydrogens is 256 g/mol. The average molecular weight is 265 g/mol. The van der Waals surface area contributed by atoms with E-state index >= 15 is 0 Å². The number of hydrogen-bond acceptors (Lipinski definition) is 4. The van der Waals surface area contributed by atoms with Crippen LogP contribution in [-0.2, 0) is 9.53 Å². The number of carbonyl (C=O) groups is 1. The fourth-order valence-corrected chi connectivity index (χ4v) is 1.63. The Morgan fingerprint density at radius 2 is 2.22 bits per heavy atom. The van der Waals surface area contributed by atoms with Crippen LogP contribution in [0.15, 0.2) is 39.7 Å². The standard InChI is InChI=1S/C13H9ClO4/c1-17-12(15)5-2-8-7-18-11-4-3-9(14)6-10(11)13(8)16/h2-7H,1H3/b5-2+. The Labute approximate surface area is 107 Å². The highest BCUT2D eigenvalue weighted by molar-refractivity contribution is 6.31. The van der Waals surface area contributed by atoms with Crippen LogP contribution in [0.4, 0.5) is 0 Å². The number of ether oxygens (including phenoxy) is 1. The maximum atomic E-state index is 12.1. The number of methoxy groups -OCH3 is 1. The van der Waals surface area contributed by atoms with E-state index in [1.165, 1.54) is 25.5 Å².